The van der Waals surface area contributed by atoms with E-state index in [4.69, 9.17) is 4.42 Å². The zero-order chi connectivity index (χ0) is 17.0. The van der Waals surface area contributed by atoms with E-state index in [1.165, 1.54) is 31.6 Å². The van der Waals surface area contributed by atoms with E-state index in [2.05, 4.69) is 10.0 Å². The van der Waals surface area contributed by atoms with Crippen LogP contribution in [0.1, 0.15) is 24.2 Å². The topological polar surface area (TPSA) is 109 Å². The standard InChI is InChI=1S/C15H18N2O5S/c1-10-7-13(17-11(2)18)3-4-15(10)23(20,21)16-8-14(19)12-5-6-22-9-12/h3-7,9,14,16,19H,8H2,1-2H3,(H,17,18). The maximum absolute atomic E-state index is 12.3. The lowest BCUT2D eigenvalue weighted by Gasteiger charge is -2.13. The second-order valence-electron chi connectivity index (χ2n) is 5.09. The van der Waals surface area contributed by atoms with Gasteiger partial charge in [-0.25, -0.2) is 13.1 Å². The van der Waals surface area contributed by atoms with Gasteiger partial charge in [-0.3, -0.25) is 4.79 Å². The molecule has 1 amide bonds. The van der Waals surface area contributed by atoms with Crippen LogP contribution in [0.25, 0.3) is 0 Å². The molecule has 3 N–H and O–H groups in total. The van der Waals surface area contributed by atoms with Gasteiger partial charge in [0.25, 0.3) is 0 Å². The normalized spacial score (nSPS) is 12.8. The average Bonchev–Trinajstić information content (AvgIpc) is 2.98. The molecule has 8 heteroatoms. The first kappa shape index (κ1) is 17.2. The number of nitrogens with one attached hydrogen (secondary N) is 2. The molecule has 0 bridgehead atoms. The molecule has 2 aromatic rings. The third kappa shape index (κ3) is 4.41. The van der Waals surface area contributed by atoms with E-state index in [1.807, 2.05) is 0 Å². The summed E-state index contributed by atoms with van der Waals surface area (Å²) in [4.78, 5) is 11.1. The number of amides is 1. The SMILES string of the molecule is CC(=O)Nc1ccc(S(=O)(=O)NCC(O)c2ccoc2)c(C)c1. The van der Waals surface area contributed by atoms with Crippen molar-refractivity contribution in [1.29, 1.82) is 0 Å². The fourth-order valence-corrected chi connectivity index (χ4v) is 3.34. The highest BCUT2D eigenvalue weighted by atomic mass is 32.2. The molecule has 1 aromatic carbocycles. The van der Waals surface area contributed by atoms with Crippen LogP contribution in [0, 0.1) is 6.92 Å². The van der Waals surface area contributed by atoms with Crippen LogP contribution in [0.3, 0.4) is 0 Å². The zero-order valence-corrected chi connectivity index (χ0v) is 13.6. The van der Waals surface area contributed by atoms with Gasteiger partial charge >= 0.3 is 0 Å². The van der Waals surface area contributed by atoms with Gasteiger partial charge in [-0.15, -0.1) is 0 Å². The van der Waals surface area contributed by atoms with E-state index in [9.17, 15) is 18.3 Å². The monoisotopic (exact) mass is 338 g/mol. The smallest absolute Gasteiger partial charge is 0.240 e. The number of aliphatic hydroxyl groups excluding tert-OH is 1. The predicted molar refractivity (Wildman–Crippen MR) is 84.3 cm³/mol. The molecule has 1 aromatic heterocycles. The molecule has 0 aliphatic rings. The third-order valence-corrected chi connectivity index (χ3v) is 4.76. The average molecular weight is 338 g/mol. The maximum Gasteiger partial charge on any atom is 0.240 e. The van der Waals surface area contributed by atoms with Crippen LogP contribution in [0.2, 0.25) is 0 Å². The summed E-state index contributed by atoms with van der Waals surface area (Å²) in [6, 6.07) is 6.05. The molecular formula is C15H18N2O5S. The first-order chi connectivity index (χ1) is 10.8. The van der Waals surface area contributed by atoms with Crippen LogP contribution >= 0.6 is 0 Å². The molecule has 0 saturated heterocycles. The Hall–Kier alpha value is -2.16. The second-order valence-corrected chi connectivity index (χ2v) is 6.82. The highest BCUT2D eigenvalue weighted by molar-refractivity contribution is 7.89. The molecule has 0 aliphatic carbocycles. The molecule has 0 radical (unpaired) electrons. The molecule has 0 fully saturated rings. The summed E-state index contributed by atoms with van der Waals surface area (Å²) in [5, 5.41) is 12.5. The quantitative estimate of drug-likeness (QED) is 0.740. The van der Waals surface area contributed by atoms with Crippen molar-refractivity contribution < 1.29 is 22.7 Å². The summed E-state index contributed by atoms with van der Waals surface area (Å²) >= 11 is 0. The van der Waals surface area contributed by atoms with Crippen molar-refractivity contribution in [2.45, 2.75) is 24.8 Å². The number of furan rings is 1. The number of rotatable bonds is 6. The Kier molecular flexibility index (Phi) is 5.19. The van der Waals surface area contributed by atoms with Crippen molar-refractivity contribution in [1.82, 2.24) is 4.72 Å². The molecule has 124 valence electrons. The van der Waals surface area contributed by atoms with E-state index in [0.717, 1.165) is 0 Å². The van der Waals surface area contributed by atoms with Crippen LogP contribution in [0.4, 0.5) is 5.69 Å². The van der Waals surface area contributed by atoms with Crippen molar-refractivity contribution >= 4 is 21.6 Å². The van der Waals surface area contributed by atoms with Gasteiger partial charge in [0.05, 0.1) is 23.5 Å². The molecule has 1 atom stereocenters. The number of sulfonamides is 1. The number of carbonyl (C=O) groups excluding carboxylic acids is 1. The van der Waals surface area contributed by atoms with Gasteiger partial charge in [0.15, 0.2) is 0 Å². The van der Waals surface area contributed by atoms with E-state index in [1.54, 1.807) is 19.1 Å². The van der Waals surface area contributed by atoms with E-state index < -0.39 is 16.1 Å². The fraction of sp³-hybridized carbons (Fsp3) is 0.267. The largest absolute Gasteiger partial charge is 0.472 e. The molecule has 0 spiro atoms. The summed E-state index contributed by atoms with van der Waals surface area (Å²) in [6.07, 6.45) is 1.76. The highest BCUT2D eigenvalue weighted by Crippen LogP contribution is 2.20. The van der Waals surface area contributed by atoms with Crippen molar-refractivity contribution in [3.05, 3.63) is 47.9 Å². The molecular weight excluding hydrogens is 320 g/mol. The van der Waals surface area contributed by atoms with Crippen LogP contribution < -0.4 is 10.0 Å². The number of hydrogen-bond acceptors (Lipinski definition) is 5. The van der Waals surface area contributed by atoms with Crippen LogP contribution in [-0.2, 0) is 14.8 Å². The fourth-order valence-electron chi connectivity index (χ4n) is 2.08. The van der Waals surface area contributed by atoms with Gasteiger partial charge in [0.1, 0.15) is 0 Å². The molecule has 23 heavy (non-hydrogen) atoms. The lowest BCUT2D eigenvalue weighted by molar-refractivity contribution is -0.114. The van der Waals surface area contributed by atoms with Crippen LogP contribution in [0.15, 0.2) is 46.1 Å². The van der Waals surface area contributed by atoms with Crippen LogP contribution in [-0.4, -0.2) is 26.0 Å². The van der Waals surface area contributed by atoms with Crippen molar-refractivity contribution in [3.63, 3.8) is 0 Å². The van der Waals surface area contributed by atoms with Gasteiger partial charge in [0.2, 0.25) is 15.9 Å². The second kappa shape index (κ2) is 6.95. The summed E-state index contributed by atoms with van der Waals surface area (Å²) in [6.45, 7) is 2.83. The van der Waals surface area contributed by atoms with Gasteiger partial charge in [-0.05, 0) is 36.8 Å². The zero-order valence-electron chi connectivity index (χ0n) is 12.7. The van der Waals surface area contributed by atoms with E-state index in [-0.39, 0.29) is 17.3 Å². The number of anilines is 1. The summed E-state index contributed by atoms with van der Waals surface area (Å²) in [5.74, 6) is -0.235. The van der Waals surface area contributed by atoms with Crippen molar-refractivity contribution in [3.8, 4) is 0 Å². The highest BCUT2D eigenvalue weighted by Gasteiger charge is 2.19. The Labute approximate surface area is 134 Å². The Morgan fingerprint density at radius 3 is 2.65 bits per heavy atom. The minimum atomic E-state index is -3.78. The van der Waals surface area contributed by atoms with Gasteiger partial charge in [-0.1, -0.05) is 0 Å². The molecule has 1 heterocycles. The van der Waals surface area contributed by atoms with Crippen molar-refractivity contribution in [2.24, 2.45) is 0 Å². The number of benzene rings is 1. The predicted octanol–water partition coefficient (Wildman–Crippen LogP) is 1.56. The summed E-state index contributed by atoms with van der Waals surface area (Å²) < 4.78 is 31.9. The maximum atomic E-state index is 12.3. The Morgan fingerprint density at radius 1 is 1.35 bits per heavy atom. The van der Waals surface area contributed by atoms with E-state index in [0.29, 0.717) is 16.8 Å². The molecule has 7 nitrogen and oxygen atoms in total. The number of aryl methyl sites for hydroxylation is 1. The van der Waals surface area contributed by atoms with Gasteiger partial charge in [-0.2, -0.15) is 0 Å². The third-order valence-electron chi connectivity index (χ3n) is 3.18. The minimum Gasteiger partial charge on any atom is -0.472 e. The first-order valence-electron chi connectivity index (χ1n) is 6.87. The van der Waals surface area contributed by atoms with Crippen LogP contribution in [0.5, 0.6) is 0 Å². The number of carbonyl (C=O) groups is 1. The van der Waals surface area contributed by atoms with Crippen molar-refractivity contribution in [2.75, 3.05) is 11.9 Å². The molecule has 0 saturated carbocycles. The Morgan fingerprint density at radius 2 is 2.09 bits per heavy atom. The van der Waals surface area contributed by atoms with Gasteiger partial charge in [0, 0.05) is 24.7 Å². The summed E-state index contributed by atoms with van der Waals surface area (Å²) in [7, 11) is -3.78. The minimum absolute atomic E-state index is 0.0889. The molecule has 1 unspecified atom stereocenters. The number of aliphatic hydroxyl groups is 1. The summed E-state index contributed by atoms with van der Waals surface area (Å²) in [5.41, 5.74) is 1.50. The van der Waals surface area contributed by atoms with E-state index >= 15 is 0 Å². The molecule has 2 rings (SSSR count). The number of hydrogen-bond donors (Lipinski definition) is 3. The molecule has 0 aliphatic heterocycles. The lowest BCUT2D eigenvalue weighted by atomic mass is 10.2. The Balaban J connectivity index is 2.11. The Bertz CT molecular complexity index is 784. The lowest BCUT2D eigenvalue weighted by Crippen LogP contribution is -2.29. The first-order valence-corrected chi connectivity index (χ1v) is 8.36. The van der Waals surface area contributed by atoms with Gasteiger partial charge < -0.3 is 14.8 Å².